The van der Waals surface area contributed by atoms with Crippen LogP contribution >= 0.6 is 11.6 Å². The molecule has 0 aliphatic carbocycles. The average molecular weight is 172 g/mol. The zero-order valence-electron chi connectivity index (χ0n) is 6.26. The highest BCUT2D eigenvalue weighted by Crippen LogP contribution is 2.28. The smallest absolute Gasteiger partial charge is 0.138 e. The lowest BCUT2D eigenvalue weighted by molar-refractivity contribution is 0.468. The molecule has 2 nitrogen and oxygen atoms in total. The number of phenolic OH excluding ortho intramolecular Hbond substituents is 1. The Hall–Kier alpha value is -0.730. The molecule has 0 bridgehead atoms. The van der Waals surface area contributed by atoms with Crippen molar-refractivity contribution in [3.8, 4) is 5.75 Å². The van der Waals surface area contributed by atoms with E-state index in [1.807, 2.05) is 13.0 Å². The minimum Gasteiger partial charge on any atom is -0.506 e. The van der Waals surface area contributed by atoms with E-state index in [-0.39, 0.29) is 5.75 Å². The number of rotatable bonds is 1. The molecule has 3 N–H and O–H groups in total. The van der Waals surface area contributed by atoms with Crippen LogP contribution in [0.2, 0.25) is 5.02 Å². The van der Waals surface area contributed by atoms with Gasteiger partial charge in [-0.3, -0.25) is 0 Å². The molecule has 0 aliphatic heterocycles. The van der Waals surface area contributed by atoms with Crippen molar-refractivity contribution < 1.29 is 5.11 Å². The van der Waals surface area contributed by atoms with E-state index in [1.165, 1.54) is 0 Å². The molecule has 1 aromatic carbocycles. The number of aryl methyl sites for hydroxylation is 1. The predicted octanol–water partition coefficient (Wildman–Crippen LogP) is 1.81. The summed E-state index contributed by atoms with van der Waals surface area (Å²) in [6.07, 6.45) is 0. The van der Waals surface area contributed by atoms with Crippen molar-refractivity contribution in [3.63, 3.8) is 0 Å². The van der Waals surface area contributed by atoms with E-state index in [9.17, 15) is 5.11 Å². The summed E-state index contributed by atoms with van der Waals surface area (Å²) < 4.78 is 0. The van der Waals surface area contributed by atoms with Crippen LogP contribution in [-0.2, 0) is 6.54 Å². The molecule has 0 unspecified atom stereocenters. The Morgan fingerprint density at radius 2 is 2.18 bits per heavy atom. The molecule has 0 saturated carbocycles. The molecule has 0 aliphatic rings. The van der Waals surface area contributed by atoms with Gasteiger partial charge in [-0.2, -0.15) is 0 Å². The zero-order valence-corrected chi connectivity index (χ0v) is 7.02. The van der Waals surface area contributed by atoms with Gasteiger partial charge in [-0.1, -0.05) is 17.7 Å². The van der Waals surface area contributed by atoms with Crippen molar-refractivity contribution >= 4 is 11.6 Å². The zero-order chi connectivity index (χ0) is 8.43. The lowest BCUT2D eigenvalue weighted by Crippen LogP contribution is -1.99. The van der Waals surface area contributed by atoms with Crippen LogP contribution < -0.4 is 5.73 Å². The monoisotopic (exact) mass is 171 g/mol. The van der Waals surface area contributed by atoms with E-state index in [0.717, 1.165) is 11.1 Å². The Bertz CT molecular complexity index is 273. The van der Waals surface area contributed by atoms with Crippen LogP contribution in [0.25, 0.3) is 0 Å². The van der Waals surface area contributed by atoms with Crippen molar-refractivity contribution in [1.82, 2.24) is 0 Å². The summed E-state index contributed by atoms with van der Waals surface area (Å²) >= 11 is 5.66. The van der Waals surface area contributed by atoms with Gasteiger partial charge < -0.3 is 10.8 Å². The molecule has 0 atom stereocenters. The van der Waals surface area contributed by atoms with Crippen molar-refractivity contribution in [2.75, 3.05) is 0 Å². The van der Waals surface area contributed by atoms with E-state index >= 15 is 0 Å². The van der Waals surface area contributed by atoms with E-state index in [1.54, 1.807) is 6.07 Å². The molecule has 0 amide bonds. The first-order chi connectivity index (χ1) is 5.16. The predicted molar refractivity (Wildman–Crippen MR) is 45.7 cm³/mol. The van der Waals surface area contributed by atoms with E-state index in [4.69, 9.17) is 17.3 Å². The van der Waals surface area contributed by atoms with Crippen LogP contribution in [0.5, 0.6) is 5.75 Å². The highest BCUT2D eigenvalue weighted by Gasteiger charge is 2.05. The molecule has 0 spiro atoms. The van der Waals surface area contributed by atoms with Gasteiger partial charge in [-0.05, 0) is 18.6 Å². The van der Waals surface area contributed by atoms with Crippen molar-refractivity contribution in [2.24, 2.45) is 5.73 Å². The lowest BCUT2D eigenvalue weighted by atomic mass is 10.1. The molecule has 0 aromatic heterocycles. The lowest BCUT2D eigenvalue weighted by Gasteiger charge is -2.06. The third-order valence-corrected chi connectivity index (χ3v) is 1.98. The Labute approximate surface area is 70.6 Å². The van der Waals surface area contributed by atoms with Crippen LogP contribution in [0.15, 0.2) is 12.1 Å². The highest BCUT2D eigenvalue weighted by atomic mass is 35.5. The first kappa shape index (κ1) is 8.37. The van der Waals surface area contributed by atoms with Crippen LogP contribution in [-0.4, -0.2) is 5.11 Å². The Kier molecular flexibility index (Phi) is 2.37. The number of phenols is 1. The fraction of sp³-hybridized carbons (Fsp3) is 0.250. The Balaban J connectivity index is 3.29. The second kappa shape index (κ2) is 3.11. The summed E-state index contributed by atoms with van der Waals surface area (Å²) in [7, 11) is 0. The summed E-state index contributed by atoms with van der Waals surface area (Å²) in [5.41, 5.74) is 7.09. The quantitative estimate of drug-likeness (QED) is 0.677. The summed E-state index contributed by atoms with van der Waals surface area (Å²) in [5, 5.41) is 9.72. The van der Waals surface area contributed by atoms with Gasteiger partial charge in [0.1, 0.15) is 5.75 Å². The number of halogens is 1. The molecule has 60 valence electrons. The fourth-order valence-corrected chi connectivity index (χ4v) is 1.14. The van der Waals surface area contributed by atoms with Gasteiger partial charge >= 0.3 is 0 Å². The minimum absolute atomic E-state index is 0.106. The molecule has 0 radical (unpaired) electrons. The molecular weight excluding hydrogens is 162 g/mol. The fourth-order valence-electron chi connectivity index (χ4n) is 0.966. The van der Waals surface area contributed by atoms with E-state index < -0.39 is 0 Å². The third-order valence-electron chi connectivity index (χ3n) is 1.67. The van der Waals surface area contributed by atoms with Gasteiger partial charge in [0, 0.05) is 12.1 Å². The number of aromatic hydroxyl groups is 1. The average Bonchev–Trinajstić information content (AvgIpc) is 1.99. The van der Waals surface area contributed by atoms with E-state index in [0.29, 0.717) is 11.6 Å². The number of hydrogen-bond acceptors (Lipinski definition) is 2. The molecule has 3 heteroatoms. The minimum atomic E-state index is 0.106. The maximum Gasteiger partial charge on any atom is 0.138 e. The van der Waals surface area contributed by atoms with Crippen LogP contribution in [0.1, 0.15) is 11.1 Å². The van der Waals surface area contributed by atoms with Crippen LogP contribution in [0, 0.1) is 6.92 Å². The topological polar surface area (TPSA) is 46.2 Å². The van der Waals surface area contributed by atoms with E-state index in [2.05, 4.69) is 0 Å². The second-order valence-electron chi connectivity index (χ2n) is 2.40. The summed E-state index contributed by atoms with van der Waals surface area (Å²) in [6.45, 7) is 2.20. The van der Waals surface area contributed by atoms with Gasteiger partial charge in [0.2, 0.25) is 0 Å². The third kappa shape index (κ3) is 1.47. The normalized spacial score (nSPS) is 10.1. The molecule has 1 rings (SSSR count). The SMILES string of the molecule is Cc1ccc(Cl)c(O)c1CN. The van der Waals surface area contributed by atoms with Crippen LogP contribution in [0.3, 0.4) is 0 Å². The maximum absolute atomic E-state index is 9.37. The first-order valence-corrected chi connectivity index (χ1v) is 3.71. The van der Waals surface area contributed by atoms with Gasteiger partial charge in [0.15, 0.2) is 0 Å². The molecule has 0 saturated heterocycles. The summed E-state index contributed by atoms with van der Waals surface area (Å²) in [5.74, 6) is 0.106. The van der Waals surface area contributed by atoms with Crippen molar-refractivity contribution in [1.29, 1.82) is 0 Å². The molecule has 11 heavy (non-hydrogen) atoms. The highest BCUT2D eigenvalue weighted by molar-refractivity contribution is 6.32. The number of benzene rings is 1. The second-order valence-corrected chi connectivity index (χ2v) is 2.80. The van der Waals surface area contributed by atoms with Gasteiger partial charge in [-0.25, -0.2) is 0 Å². The molecule has 0 fully saturated rings. The standard InChI is InChI=1S/C8H10ClNO/c1-5-2-3-7(9)8(11)6(5)4-10/h2-3,11H,4,10H2,1H3. The molecule has 0 heterocycles. The van der Waals surface area contributed by atoms with Gasteiger partial charge in [0.25, 0.3) is 0 Å². The maximum atomic E-state index is 9.37. The number of hydrogen-bond donors (Lipinski definition) is 2. The summed E-state index contributed by atoms with van der Waals surface area (Å²) in [6, 6.07) is 3.50. The van der Waals surface area contributed by atoms with Gasteiger partial charge in [-0.15, -0.1) is 0 Å². The molecule has 1 aromatic rings. The van der Waals surface area contributed by atoms with Crippen LogP contribution in [0.4, 0.5) is 0 Å². The van der Waals surface area contributed by atoms with Crippen molar-refractivity contribution in [3.05, 3.63) is 28.3 Å². The molecular formula is C8H10ClNO. The summed E-state index contributed by atoms with van der Waals surface area (Å²) in [4.78, 5) is 0. The number of nitrogens with two attached hydrogens (primary N) is 1. The Morgan fingerprint density at radius 3 is 2.64 bits per heavy atom. The van der Waals surface area contributed by atoms with Crippen molar-refractivity contribution in [2.45, 2.75) is 13.5 Å². The largest absolute Gasteiger partial charge is 0.506 e. The Morgan fingerprint density at radius 1 is 1.55 bits per heavy atom. The van der Waals surface area contributed by atoms with Gasteiger partial charge in [0.05, 0.1) is 5.02 Å². The first-order valence-electron chi connectivity index (χ1n) is 3.34.